The van der Waals surface area contributed by atoms with Crippen molar-refractivity contribution in [1.82, 2.24) is 9.80 Å². The zero-order valence-corrected chi connectivity index (χ0v) is 16.3. The summed E-state index contributed by atoms with van der Waals surface area (Å²) in [5.74, 6) is 0.275. The van der Waals surface area contributed by atoms with Crippen LogP contribution in [0.4, 0.5) is 5.69 Å². The Morgan fingerprint density at radius 3 is 2.73 bits per heavy atom. The number of hydrogen-bond donors (Lipinski definition) is 1. The minimum atomic E-state index is -2.93. The molecule has 2 saturated heterocycles. The summed E-state index contributed by atoms with van der Waals surface area (Å²) in [6.07, 6.45) is 4.46. The summed E-state index contributed by atoms with van der Waals surface area (Å²) in [5, 5.41) is 2.95. The van der Waals surface area contributed by atoms with Gasteiger partial charge in [0, 0.05) is 18.3 Å². The van der Waals surface area contributed by atoms with E-state index in [4.69, 9.17) is 0 Å². The molecule has 1 aromatic carbocycles. The van der Waals surface area contributed by atoms with Crippen molar-refractivity contribution in [3.8, 4) is 0 Å². The Morgan fingerprint density at radius 2 is 2.04 bits per heavy atom. The number of piperidine rings is 1. The highest BCUT2D eigenvalue weighted by atomic mass is 32.2. The zero-order valence-electron chi connectivity index (χ0n) is 15.5. The summed E-state index contributed by atoms with van der Waals surface area (Å²) in [5.41, 5.74) is 2.01. The van der Waals surface area contributed by atoms with E-state index in [2.05, 4.69) is 16.3 Å². The molecule has 7 heteroatoms. The van der Waals surface area contributed by atoms with Gasteiger partial charge in [-0.05, 0) is 57.1 Å². The number of likely N-dealkylation sites (tertiary alicyclic amines) is 1. The molecule has 2 heterocycles. The molecule has 3 rings (SSSR count). The number of amides is 1. The van der Waals surface area contributed by atoms with Gasteiger partial charge in [0.2, 0.25) is 5.91 Å². The van der Waals surface area contributed by atoms with Crippen LogP contribution in [0.1, 0.15) is 31.2 Å². The Hall–Kier alpha value is -1.44. The van der Waals surface area contributed by atoms with E-state index < -0.39 is 9.84 Å². The van der Waals surface area contributed by atoms with Crippen molar-refractivity contribution in [2.24, 2.45) is 0 Å². The summed E-state index contributed by atoms with van der Waals surface area (Å²) in [7, 11) is -1.12. The number of hydrogen-bond acceptors (Lipinski definition) is 5. The minimum Gasteiger partial charge on any atom is -0.325 e. The molecule has 0 aliphatic carbocycles. The summed E-state index contributed by atoms with van der Waals surface area (Å²) in [6.45, 7) is 3.41. The lowest BCUT2D eigenvalue weighted by Gasteiger charge is -2.26. The summed E-state index contributed by atoms with van der Waals surface area (Å²) in [4.78, 5) is 16.6. The lowest BCUT2D eigenvalue weighted by molar-refractivity contribution is -0.117. The molecule has 0 aromatic heterocycles. The van der Waals surface area contributed by atoms with Crippen molar-refractivity contribution >= 4 is 21.4 Å². The average Bonchev–Trinajstić information content (AvgIpc) is 2.96. The molecule has 0 saturated carbocycles. The predicted molar refractivity (Wildman–Crippen MR) is 104 cm³/mol. The topological polar surface area (TPSA) is 69.7 Å². The molecule has 1 N–H and O–H groups in total. The average molecular weight is 380 g/mol. The van der Waals surface area contributed by atoms with Gasteiger partial charge in [-0.2, -0.15) is 0 Å². The van der Waals surface area contributed by atoms with Gasteiger partial charge in [-0.3, -0.25) is 14.6 Å². The highest BCUT2D eigenvalue weighted by molar-refractivity contribution is 7.91. The first kappa shape index (κ1) is 19.3. The number of benzene rings is 1. The highest BCUT2D eigenvalue weighted by Gasteiger charge is 2.31. The number of sulfone groups is 1. The van der Waals surface area contributed by atoms with Gasteiger partial charge in [0.25, 0.3) is 0 Å². The van der Waals surface area contributed by atoms with E-state index >= 15 is 0 Å². The SMILES string of the molecule is CN(CC(=O)Nc1cccc(CN2CCCCC2)c1)C1CCS(=O)(=O)C1. The zero-order chi connectivity index (χ0) is 18.6. The second-order valence-electron chi connectivity index (χ2n) is 7.56. The molecule has 26 heavy (non-hydrogen) atoms. The van der Waals surface area contributed by atoms with Crippen LogP contribution in [0.5, 0.6) is 0 Å². The molecule has 1 atom stereocenters. The van der Waals surface area contributed by atoms with Crippen LogP contribution < -0.4 is 5.32 Å². The van der Waals surface area contributed by atoms with Gasteiger partial charge in [0.15, 0.2) is 9.84 Å². The van der Waals surface area contributed by atoms with E-state index in [1.54, 1.807) is 0 Å². The van der Waals surface area contributed by atoms with E-state index in [-0.39, 0.29) is 30.0 Å². The van der Waals surface area contributed by atoms with E-state index in [0.29, 0.717) is 6.42 Å². The van der Waals surface area contributed by atoms with Crippen LogP contribution in [0.25, 0.3) is 0 Å². The van der Waals surface area contributed by atoms with E-state index in [1.807, 2.05) is 30.1 Å². The van der Waals surface area contributed by atoms with Gasteiger partial charge in [0.1, 0.15) is 0 Å². The summed E-state index contributed by atoms with van der Waals surface area (Å²) in [6, 6.07) is 7.95. The molecule has 0 radical (unpaired) electrons. The molecule has 2 fully saturated rings. The smallest absolute Gasteiger partial charge is 0.238 e. The van der Waals surface area contributed by atoms with Crippen molar-refractivity contribution < 1.29 is 13.2 Å². The van der Waals surface area contributed by atoms with Crippen LogP contribution >= 0.6 is 0 Å². The van der Waals surface area contributed by atoms with E-state index in [0.717, 1.165) is 25.3 Å². The Morgan fingerprint density at radius 1 is 1.27 bits per heavy atom. The molecule has 1 unspecified atom stereocenters. The molecule has 6 nitrogen and oxygen atoms in total. The number of nitrogens with zero attached hydrogens (tertiary/aromatic N) is 2. The number of carbonyl (C=O) groups is 1. The standard InChI is InChI=1S/C19H29N3O3S/c1-21(18-8-11-26(24,25)15-18)14-19(23)20-17-7-5-6-16(12-17)13-22-9-3-2-4-10-22/h5-7,12,18H,2-4,8-11,13-15H2,1H3,(H,20,23). The van der Waals surface area contributed by atoms with Crippen LogP contribution in [0.3, 0.4) is 0 Å². The largest absolute Gasteiger partial charge is 0.325 e. The highest BCUT2D eigenvalue weighted by Crippen LogP contribution is 2.18. The first-order chi connectivity index (χ1) is 12.4. The van der Waals surface area contributed by atoms with Crippen molar-refractivity contribution in [3.63, 3.8) is 0 Å². The second-order valence-corrected chi connectivity index (χ2v) is 9.79. The van der Waals surface area contributed by atoms with Crippen LogP contribution in [0, 0.1) is 0 Å². The van der Waals surface area contributed by atoms with Crippen molar-refractivity contribution in [1.29, 1.82) is 0 Å². The molecule has 2 aliphatic heterocycles. The monoisotopic (exact) mass is 379 g/mol. The maximum Gasteiger partial charge on any atom is 0.238 e. The van der Waals surface area contributed by atoms with Crippen molar-refractivity contribution in [2.75, 3.05) is 43.5 Å². The molecule has 0 bridgehead atoms. The van der Waals surface area contributed by atoms with Gasteiger partial charge in [-0.1, -0.05) is 18.6 Å². The van der Waals surface area contributed by atoms with Gasteiger partial charge in [-0.15, -0.1) is 0 Å². The minimum absolute atomic E-state index is 0.0591. The normalized spacial score (nSPS) is 23.2. The molecule has 1 amide bonds. The van der Waals surface area contributed by atoms with Crippen LogP contribution in [-0.2, 0) is 21.2 Å². The third kappa shape index (κ3) is 5.53. The maximum absolute atomic E-state index is 12.3. The lowest BCUT2D eigenvalue weighted by atomic mass is 10.1. The number of rotatable bonds is 6. The molecule has 1 aromatic rings. The predicted octanol–water partition coefficient (Wildman–Crippen LogP) is 1.73. The van der Waals surface area contributed by atoms with Crippen molar-refractivity contribution in [2.45, 2.75) is 38.3 Å². The third-order valence-electron chi connectivity index (χ3n) is 5.29. The van der Waals surface area contributed by atoms with Gasteiger partial charge in [-0.25, -0.2) is 8.42 Å². The molecule has 0 spiro atoms. The quantitative estimate of drug-likeness (QED) is 0.815. The molecular weight excluding hydrogens is 350 g/mol. The Balaban J connectivity index is 1.51. The molecule has 144 valence electrons. The summed E-state index contributed by atoms with van der Waals surface area (Å²) < 4.78 is 23.2. The van der Waals surface area contributed by atoms with Crippen LogP contribution in [0.15, 0.2) is 24.3 Å². The van der Waals surface area contributed by atoms with Gasteiger partial charge < -0.3 is 5.32 Å². The fourth-order valence-electron chi connectivity index (χ4n) is 3.80. The van der Waals surface area contributed by atoms with Crippen LogP contribution in [-0.4, -0.2) is 68.4 Å². The fourth-order valence-corrected chi connectivity index (χ4v) is 5.61. The number of carbonyl (C=O) groups excluding carboxylic acids is 1. The lowest BCUT2D eigenvalue weighted by Crippen LogP contribution is -2.38. The van der Waals surface area contributed by atoms with Crippen LogP contribution in [0.2, 0.25) is 0 Å². The number of nitrogens with one attached hydrogen (secondary N) is 1. The number of likely N-dealkylation sites (N-methyl/N-ethyl adjacent to an activating group) is 1. The molecule has 2 aliphatic rings. The summed E-state index contributed by atoms with van der Waals surface area (Å²) >= 11 is 0. The second kappa shape index (κ2) is 8.50. The van der Waals surface area contributed by atoms with Crippen molar-refractivity contribution in [3.05, 3.63) is 29.8 Å². The Kier molecular flexibility index (Phi) is 6.32. The Labute approximate surface area is 156 Å². The van der Waals surface area contributed by atoms with E-state index in [1.165, 1.54) is 24.8 Å². The molecular formula is C19H29N3O3S. The third-order valence-corrected chi connectivity index (χ3v) is 7.04. The first-order valence-corrected chi connectivity index (χ1v) is 11.3. The van der Waals surface area contributed by atoms with Gasteiger partial charge in [0.05, 0.1) is 18.1 Å². The number of anilines is 1. The first-order valence-electron chi connectivity index (χ1n) is 9.43. The maximum atomic E-state index is 12.3. The van der Waals surface area contributed by atoms with E-state index in [9.17, 15) is 13.2 Å². The van der Waals surface area contributed by atoms with Gasteiger partial charge >= 0.3 is 0 Å². The fraction of sp³-hybridized carbons (Fsp3) is 0.632. The Bertz CT molecular complexity index is 729.